The Labute approximate surface area is 197 Å². The lowest BCUT2D eigenvalue weighted by molar-refractivity contribution is 0.0566. The van der Waals surface area contributed by atoms with Crippen molar-refractivity contribution in [2.75, 3.05) is 6.61 Å². The molecular formula is C29H35FN2O. The Morgan fingerprint density at radius 2 is 1.97 bits per heavy atom. The number of fused-ring (bicyclic) bond motifs is 1. The van der Waals surface area contributed by atoms with Gasteiger partial charge in [0.2, 0.25) is 0 Å². The minimum Gasteiger partial charge on any atom is -0.379 e. The number of aromatic nitrogens is 2. The van der Waals surface area contributed by atoms with Crippen molar-refractivity contribution in [1.29, 1.82) is 0 Å². The van der Waals surface area contributed by atoms with E-state index < -0.39 is 0 Å². The van der Waals surface area contributed by atoms with Crippen molar-refractivity contribution in [3.05, 3.63) is 78.4 Å². The number of unbranched alkanes of at least 4 members (excludes halogenated alkanes) is 3. The second kappa shape index (κ2) is 13.0. The smallest absolute Gasteiger partial charge is 0.131 e. The van der Waals surface area contributed by atoms with E-state index in [9.17, 15) is 4.39 Å². The molecule has 3 nitrogen and oxygen atoms in total. The van der Waals surface area contributed by atoms with Crippen LogP contribution in [0.5, 0.6) is 0 Å². The van der Waals surface area contributed by atoms with E-state index in [1.165, 1.54) is 12.8 Å². The summed E-state index contributed by atoms with van der Waals surface area (Å²) in [6.07, 6.45) is 15.3. The summed E-state index contributed by atoms with van der Waals surface area (Å²) in [4.78, 5) is 9.05. The van der Waals surface area contributed by atoms with E-state index in [1.807, 2.05) is 36.4 Å². The summed E-state index contributed by atoms with van der Waals surface area (Å²) >= 11 is 0. The number of rotatable bonds is 13. The van der Waals surface area contributed by atoms with Crippen LogP contribution in [0.3, 0.4) is 0 Å². The highest BCUT2D eigenvalue weighted by Gasteiger charge is 2.08. The van der Waals surface area contributed by atoms with Gasteiger partial charge in [-0.25, -0.2) is 9.37 Å². The van der Waals surface area contributed by atoms with Gasteiger partial charge in [0.25, 0.3) is 0 Å². The van der Waals surface area contributed by atoms with Crippen LogP contribution in [0, 0.1) is 5.82 Å². The normalized spacial score (nSPS) is 12.5. The summed E-state index contributed by atoms with van der Waals surface area (Å²) in [7, 11) is 0. The SMILES string of the molecule is C=CCc1cnc2cc(-c3ccc(C=CCCCC(C)OCCCCC)cc3F)ccc2n1. The van der Waals surface area contributed by atoms with E-state index in [2.05, 4.69) is 36.5 Å². The van der Waals surface area contributed by atoms with Crippen molar-refractivity contribution in [2.45, 2.75) is 64.9 Å². The molecule has 174 valence electrons. The number of hydrogen-bond acceptors (Lipinski definition) is 3. The molecule has 33 heavy (non-hydrogen) atoms. The maximum absolute atomic E-state index is 14.9. The fourth-order valence-corrected chi connectivity index (χ4v) is 3.79. The highest BCUT2D eigenvalue weighted by atomic mass is 19.1. The zero-order chi connectivity index (χ0) is 23.5. The molecular weight excluding hydrogens is 411 g/mol. The molecule has 0 amide bonds. The van der Waals surface area contributed by atoms with Gasteiger partial charge in [-0.1, -0.05) is 56.2 Å². The number of halogens is 1. The van der Waals surface area contributed by atoms with E-state index in [-0.39, 0.29) is 5.82 Å². The number of ether oxygens (including phenoxy) is 1. The van der Waals surface area contributed by atoms with Crippen LogP contribution in [0.1, 0.15) is 63.6 Å². The van der Waals surface area contributed by atoms with Gasteiger partial charge in [-0.05, 0) is 61.9 Å². The standard InChI is InChI=1S/C29H35FN2O/c1-4-6-10-18-33-22(3)12-8-7-9-13-23-14-16-26(27(30)19-23)24-15-17-28-29(20-24)31-21-25(32-28)11-5-2/h5,9,13-17,19-22H,2,4,6-8,10-12,18H2,1,3H3. The van der Waals surface area contributed by atoms with Crippen LogP contribution in [0.4, 0.5) is 4.39 Å². The molecule has 1 unspecified atom stereocenters. The van der Waals surface area contributed by atoms with Crippen molar-refractivity contribution < 1.29 is 9.13 Å². The van der Waals surface area contributed by atoms with Crippen molar-refractivity contribution in [3.63, 3.8) is 0 Å². The molecule has 3 aromatic rings. The first-order valence-corrected chi connectivity index (χ1v) is 12.1. The fraction of sp³-hybridized carbons (Fsp3) is 0.379. The van der Waals surface area contributed by atoms with Gasteiger partial charge in [0.1, 0.15) is 5.82 Å². The Morgan fingerprint density at radius 3 is 2.76 bits per heavy atom. The minimum absolute atomic E-state index is 0.234. The number of allylic oxidation sites excluding steroid dienone is 2. The third-order valence-electron chi connectivity index (χ3n) is 5.69. The molecule has 0 spiro atoms. The third kappa shape index (κ3) is 7.61. The quantitative estimate of drug-likeness (QED) is 0.197. The fourth-order valence-electron chi connectivity index (χ4n) is 3.79. The summed E-state index contributed by atoms with van der Waals surface area (Å²) < 4.78 is 20.7. The van der Waals surface area contributed by atoms with E-state index in [0.29, 0.717) is 18.1 Å². The molecule has 1 atom stereocenters. The highest BCUT2D eigenvalue weighted by Crippen LogP contribution is 2.26. The molecule has 0 aliphatic carbocycles. The number of nitrogens with zero attached hydrogens (tertiary/aromatic N) is 2. The van der Waals surface area contributed by atoms with Crippen molar-refractivity contribution in [1.82, 2.24) is 9.97 Å². The molecule has 0 aliphatic heterocycles. The number of benzene rings is 2. The summed E-state index contributed by atoms with van der Waals surface area (Å²) in [5.41, 5.74) is 4.68. The first kappa shape index (κ1) is 24.8. The van der Waals surface area contributed by atoms with Gasteiger partial charge in [0, 0.05) is 24.8 Å². The molecule has 0 saturated carbocycles. The topological polar surface area (TPSA) is 35.0 Å². The van der Waals surface area contributed by atoms with Crippen LogP contribution in [-0.2, 0) is 11.2 Å². The maximum atomic E-state index is 14.9. The predicted molar refractivity (Wildman–Crippen MR) is 137 cm³/mol. The molecule has 0 fully saturated rings. The Balaban J connectivity index is 1.55. The highest BCUT2D eigenvalue weighted by molar-refractivity contribution is 5.81. The predicted octanol–water partition coefficient (Wildman–Crippen LogP) is 7.94. The van der Waals surface area contributed by atoms with Crippen LogP contribution >= 0.6 is 0 Å². The Morgan fingerprint density at radius 1 is 1.09 bits per heavy atom. The summed E-state index contributed by atoms with van der Waals surface area (Å²) in [6.45, 7) is 8.94. The van der Waals surface area contributed by atoms with Gasteiger partial charge < -0.3 is 4.74 Å². The van der Waals surface area contributed by atoms with Crippen molar-refractivity contribution in [2.24, 2.45) is 0 Å². The number of hydrogen-bond donors (Lipinski definition) is 0. The Bertz CT molecular complexity index is 1080. The van der Waals surface area contributed by atoms with Gasteiger partial charge in [-0.2, -0.15) is 0 Å². The molecule has 0 radical (unpaired) electrons. The summed E-state index contributed by atoms with van der Waals surface area (Å²) in [6, 6.07) is 11.1. The first-order chi connectivity index (χ1) is 16.1. The molecule has 4 heteroatoms. The lowest BCUT2D eigenvalue weighted by atomic mass is 10.0. The lowest BCUT2D eigenvalue weighted by Crippen LogP contribution is -2.08. The van der Waals surface area contributed by atoms with E-state index >= 15 is 0 Å². The molecule has 0 bridgehead atoms. The monoisotopic (exact) mass is 446 g/mol. The zero-order valence-corrected chi connectivity index (χ0v) is 19.9. The summed E-state index contributed by atoms with van der Waals surface area (Å²) in [5, 5.41) is 0. The third-order valence-corrected chi connectivity index (χ3v) is 5.69. The molecule has 1 heterocycles. The van der Waals surface area contributed by atoms with E-state index in [1.54, 1.807) is 18.3 Å². The molecule has 2 aromatic carbocycles. The minimum atomic E-state index is -0.234. The average molecular weight is 447 g/mol. The van der Waals surface area contributed by atoms with Crippen molar-refractivity contribution in [3.8, 4) is 11.1 Å². The Kier molecular flexibility index (Phi) is 9.77. The second-order valence-electron chi connectivity index (χ2n) is 8.52. The van der Waals surface area contributed by atoms with Gasteiger partial charge in [0.05, 0.1) is 22.8 Å². The maximum Gasteiger partial charge on any atom is 0.131 e. The van der Waals surface area contributed by atoms with Crippen LogP contribution < -0.4 is 0 Å². The lowest BCUT2D eigenvalue weighted by Gasteiger charge is -2.12. The molecule has 0 aliphatic rings. The van der Waals surface area contributed by atoms with E-state index in [0.717, 1.165) is 60.1 Å². The van der Waals surface area contributed by atoms with Crippen LogP contribution in [0.15, 0.2) is 61.3 Å². The second-order valence-corrected chi connectivity index (χ2v) is 8.52. The molecule has 0 N–H and O–H groups in total. The largest absolute Gasteiger partial charge is 0.379 e. The van der Waals surface area contributed by atoms with Crippen LogP contribution in [0.25, 0.3) is 28.2 Å². The van der Waals surface area contributed by atoms with Crippen molar-refractivity contribution >= 4 is 17.1 Å². The van der Waals surface area contributed by atoms with E-state index in [4.69, 9.17) is 4.74 Å². The molecule has 3 rings (SSSR count). The molecule has 1 aromatic heterocycles. The van der Waals surface area contributed by atoms with Crippen LogP contribution in [-0.4, -0.2) is 22.7 Å². The first-order valence-electron chi connectivity index (χ1n) is 12.1. The van der Waals surface area contributed by atoms with Gasteiger partial charge in [0.15, 0.2) is 0 Å². The average Bonchev–Trinajstić information content (AvgIpc) is 2.82. The van der Waals surface area contributed by atoms with Gasteiger partial charge in [-0.3, -0.25) is 4.98 Å². The summed E-state index contributed by atoms with van der Waals surface area (Å²) in [5.74, 6) is -0.234. The van der Waals surface area contributed by atoms with Crippen LogP contribution in [0.2, 0.25) is 0 Å². The van der Waals surface area contributed by atoms with Gasteiger partial charge >= 0.3 is 0 Å². The Hall–Kier alpha value is -2.85. The molecule has 0 saturated heterocycles. The zero-order valence-electron chi connectivity index (χ0n) is 19.9. The van der Waals surface area contributed by atoms with Gasteiger partial charge in [-0.15, -0.1) is 6.58 Å².